The molecule has 17 heavy (non-hydrogen) atoms. The van der Waals surface area contributed by atoms with Crippen molar-refractivity contribution in [2.24, 2.45) is 0 Å². The van der Waals surface area contributed by atoms with Gasteiger partial charge in [0.15, 0.2) is 0 Å². The summed E-state index contributed by atoms with van der Waals surface area (Å²) in [6, 6.07) is 5.71. The molecule has 0 bridgehead atoms. The molecule has 3 aromatic rings. The van der Waals surface area contributed by atoms with Crippen LogP contribution in [0, 0.1) is 0 Å². The molecule has 2 heterocycles. The lowest BCUT2D eigenvalue weighted by molar-refractivity contribution is 0.661. The van der Waals surface area contributed by atoms with Crippen LogP contribution >= 0.6 is 11.8 Å². The van der Waals surface area contributed by atoms with Crippen LogP contribution in [0.4, 0.5) is 5.95 Å². The number of thioether (sulfide) groups is 1. The summed E-state index contributed by atoms with van der Waals surface area (Å²) in [5, 5.41) is 0.810. The third-order valence-corrected chi connectivity index (χ3v) is 3.27. The zero-order valence-electron chi connectivity index (χ0n) is 8.98. The number of nitrogens with zero attached hydrogens (tertiary/aromatic N) is 1. The average molecular weight is 247 g/mol. The number of nitrogens with one attached hydrogen (secondary N) is 1. The second-order valence-electron chi connectivity index (χ2n) is 3.59. The zero-order chi connectivity index (χ0) is 12.0. The first-order chi connectivity index (χ1) is 8.19. The molecular weight excluding hydrogens is 238 g/mol. The maximum Gasteiger partial charge on any atom is 0.296 e. The molecule has 3 rings (SSSR count). The molecule has 0 unspecified atom stereocenters. The Hall–Kier alpha value is -1.95. The van der Waals surface area contributed by atoms with Gasteiger partial charge in [-0.15, -0.1) is 11.8 Å². The minimum Gasteiger partial charge on any atom is -0.449 e. The second kappa shape index (κ2) is 3.53. The molecule has 0 aliphatic carbocycles. The summed E-state index contributed by atoms with van der Waals surface area (Å²) in [6.07, 6.45) is 1.98. The van der Waals surface area contributed by atoms with Gasteiger partial charge in [-0.3, -0.25) is 9.78 Å². The van der Waals surface area contributed by atoms with Gasteiger partial charge in [0.2, 0.25) is 11.5 Å². The molecule has 6 heteroatoms. The lowest BCUT2D eigenvalue weighted by atomic mass is 10.2. The fraction of sp³-hybridized carbons (Fsp3) is 0.0909. The number of furan rings is 1. The number of hydrogen-bond acceptors (Lipinski definition) is 5. The first kappa shape index (κ1) is 10.2. The van der Waals surface area contributed by atoms with Crippen molar-refractivity contribution < 1.29 is 4.42 Å². The number of rotatable bonds is 1. The molecule has 0 spiro atoms. The number of nitrogen functional groups attached to an aromatic ring is 1. The quantitative estimate of drug-likeness (QED) is 0.642. The highest BCUT2D eigenvalue weighted by atomic mass is 32.2. The molecule has 0 radical (unpaired) electrons. The molecule has 86 valence electrons. The smallest absolute Gasteiger partial charge is 0.296 e. The molecule has 0 fully saturated rings. The summed E-state index contributed by atoms with van der Waals surface area (Å²) in [4.78, 5) is 19.3. The van der Waals surface area contributed by atoms with E-state index in [2.05, 4.69) is 9.97 Å². The number of fused-ring (bicyclic) bond motifs is 3. The van der Waals surface area contributed by atoms with E-state index in [0.29, 0.717) is 11.1 Å². The van der Waals surface area contributed by atoms with Crippen LogP contribution in [0.3, 0.4) is 0 Å². The molecule has 0 aliphatic heterocycles. The Morgan fingerprint density at radius 2 is 2.29 bits per heavy atom. The van der Waals surface area contributed by atoms with Crippen LogP contribution in [0.5, 0.6) is 0 Å². The lowest BCUT2D eigenvalue weighted by Gasteiger charge is -1.95. The highest BCUT2D eigenvalue weighted by Gasteiger charge is 2.12. The van der Waals surface area contributed by atoms with Gasteiger partial charge in [0, 0.05) is 10.3 Å². The van der Waals surface area contributed by atoms with Gasteiger partial charge in [0.25, 0.3) is 5.56 Å². The summed E-state index contributed by atoms with van der Waals surface area (Å²) in [7, 11) is 0. The summed E-state index contributed by atoms with van der Waals surface area (Å²) >= 11 is 1.62. The van der Waals surface area contributed by atoms with Gasteiger partial charge in [-0.25, -0.2) is 4.98 Å². The van der Waals surface area contributed by atoms with Gasteiger partial charge in [-0.05, 0) is 24.5 Å². The Bertz CT molecular complexity index is 775. The van der Waals surface area contributed by atoms with Crippen LogP contribution in [0.15, 0.2) is 32.3 Å². The van der Waals surface area contributed by atoms with Gasteiger partial charge < -0.3 is 10.2 Å². The first-order valence-corrected chi connectivity index (χ1v) is 6.17. The van der Waals surface area contributed by atoms with Gasteiger partial charge in [-0.2, -0.15) is 0 Å². The molecule has 2 aromatic heterocycles. The van der Waals surface area contributed by atoms with E-state index in [1.807, 2.05) is 24.5 Å². The molecule has 5 nitrogen and oxygen atoms in total. The summed E-state index contributed by atoms with van der Waals surface area (Å²) in [5.74, 6) is 0.0970. The fourth-order valence-corrected chi connectivity index (χ4v) is 2.22. The Balaban J connectivity index is 2.52. The van der Waals surface area contributed by atoms with E-state index < -0.39 is 0 Å². The Morgan fingerprint density at radius 3 is 3.06 bits per heavy atom. The predicted molar refractivity (Wildman–Crippen MR) is 68.3 cm³/mol. The van der Waals surface area contributed by atoms with E-state index in [1.54, 1.807) is 11.8 Å². The number of hydrogen-bond donors (Lipinski definition) is 2. The summed E-state index contributed by atoms with van der Waals surface area (Å²) in [6.45, 7) is 0. The van der Waals surface area contributed by atoms with Crippen molar-refractivity contribution in [2.45, 2.75) is 4.90 Å². The first-order valence-electron chi connectivity index (χ1n) is 4.95. The second-order valence-corrected chi connectivity index (χ2v) is 4.47. The molecule has 0 amide bonds. The van der Waals surface area contributed by atoms with Crippen molar-refractivity contribution >= 4 is 39.8 Å². The standard InChI is InChI=1S/C11H9N3O2S/c1-17-5-2-3-7-6(4-5)8-9(16-7)10(15)14-11(12)13-8/h2-4H,1H3,(H3,12,13,14,15). The number of anilines is 1. The number of aromatic amines is 1. The van der Waals surface area contributed by atoms with Crippen molar-refractivity contribution in [3.05, 3.63) is 28.6 Å². The van der Waals surface area contributed by atoms with Gasteiger partial charge in [0.05, 0.1) is 0 Å². The highest BCUT2D eigenvalue weighted by Crippen LogP contribution is 2.28. The third-order valence-electron chi connectivity index (χ3n) is 2.55. The van der Waals surface area contributed by atoms with Crippen molar-refractivity contribution in [1.82, 2.24) is 9.97 Å². The van der Waals surface area contributed by atoms with Crippen LogP contribution in [-0.2, 0) is 0 Å². The predicted octanol–water partition coefficient (Wildman–Crippen LogP) is 1.97. The van der Waals surface area contributed by atoms with Crippen molar-refractivity contribution in [3.8, 4) is 0 Å². The number of H-pyrrole nitrogens is 1. The van der Waals surface area contributed by atoms with E-state index in [9.17, 15) is 4.79 Å². The van der Waals surface area contributed by atoms with Crippen LogP contribution in [0.1, 0.15) is 0 Å². The lowest BCUT2D eigenvalue weighted by Crippen LogP contribution is -2.09. The van der Waals surface area contributed by atoms with Crippen molar-refractivity contribution in [3.63, 3.8) is 0 Å². The monoisotopic (exact) mass is 247 g/mol. The normalized spacial score (nSPS) is 11.4. The Kier molecular flexibility index (Phi) is 2.12. The average Bonchev–Trinajstić information content (AvgIpc) is 2.67. The minimum atomic E-state index is -0.352. The van der Waals surface area contributed by atoms with Gasteiger partial charge >= 0.3 is 0 Å². The number of benzene rings is 1. The van der Waals surface area contributed by atoms with E-state index in [0.717, 1.165) is 10.3 Å². The Morgan fingerprint density at radius 1 is 1.47 bits per heavy atom. The maximum atomic E-state index is 11.6. The van der Waals surface area contributed by atoms with Gasteiger partial charge in [0.1, 0.15) is 11.1 Å². The molecule has 0 saturated carbocycles. The number of nitrogens with two attached hydrogens (primary N) is 1. The van der Waals surface area contributed by atoms with Crippen LogP contribution in [0.25, 0.3) is 22.1 Å². The van der Waals surface area contributed by atoms with E-state index in [1.165, 1.54) is 0 Å². The topological polar surface area (TPSA) is 84.9 Å². The molecule has 3 N–H and O–H groups in total. The van der Waals surface area contributed by atoms with E-state index in [4.69, 9.17) is 10.2 Å². The molecule has 1 aromatic carbocycles. The number of aromatic nitrogens is 2. The largest absolute Gasteiger partial charge is 0.449 e. The van der Waals surface area contributed by atoms with E-state index in [-0.39, 0.29) is 17.1 Å². The zero-order valence-corrected chi connectivity index (χ0v) is 9.80. The fourth-order valence-electron chi connectivity index (χ4n) is 1.78. The van der Waals surface area contributed by atoms with Crippen LogP contribution < -0.4 is 11.3 Å². The minimum absolute atomic E-state index is 0.0970. The van der Waals surface area contributed by atoms with E-state index >= 15 is 0 Å². The molecule has 0 atom stereocenters. The molecular formula is C11H9N3O2S. The molecule has 0 aliphatic rings. The molecule has 0 saturated heterocycles. The van der Waals surface area contributed by atoms with Crippen molar-refractivity contribution in [1.29, 1.82) is 0 Å². The maximum absolute atomic E-state index is 11.6. The Labute approximate surface area is 100 Å². The van der Waals surface area contributed by atoms with Crippen LogP contribution in [-0.4, -0.2) is 16.2 Å². The summed E-state index contributed by atoms with van der Waals surface area (Å²) < 4.78 is 5.47. The summed E-state index contributed by atoms with van der Waals surface area (Å²) in [5.41, 5.74) is 6.55. The van der Waals surface area contributed by atoms with Crippen molar-refractivity contribution in [2.75, 3.05) is 12.0 Å². The third kappa shape index (κ3) is 1.49. The van der Waals surface area contributed by atoms with Crippen LogP contribution in [0.2, 0.25) is 0 Å². The highest BCUT2D eigenvalue weighted by molar-refractivity contribution is 7.98. The van der Waals surface area contributed by atoms with Gasteiger partial charge in [-0.1, -0.05) is 0 Å². The SMILES string of the molecule is CSc1ccc2oc3c(=O)[nH]c(N)nc3c2c1.